The lowest BCUT2D eigenvalue weighted by Crippen LogP contribution is -2.38. The van der Waals surface area contributed by atoms with Crippen molar-refractivity contribution in [3.63, 3.8) is 0 Å². The fourth-order valence-electron chi connectivity index (χ4n) is 3.84. The van der Waals surface area contributed by atoms with Crippen LogP contribution in [0.3, 0.4) is 0 Å². The van der Waals surface area contributed by atoms with E-state index in [-0.39, 0.29) is 11.7 Å². The van der Waals surface area contributed by atoms with E-state index >= 15 is 0 Å². The highest BCUT2D eigenvalue weighted by Crippen LogP contribution is 2.21. The first-order valence-electron chi connectivity index (χ1n) is 10.5. The Morgan fingerprint density at radius 2 is 1.48 bits per heavy atom. The van der Waals surface area contributed by atoms with Gasteiger partial charge in [0.25, 0.3) is 5.91 Å². The number of hydrogen-bond donors (Lipinski definition) is 1. The quantitative estimate of drug-likeness (QED) is 0.574. The molecule has 1 amide bonds. The third-order valence-corrected chi connectivity index (χ3v) is 7.51. The summed E-state index contributed by atoms with van der Waals surface area (Å²) in [5, 5.41) is 2.83. The van der Waals surface area contributed by atoms with Gasteiger partial charge < -0.3 is 5.32 Å². The molecular weight excluding hydrogens is 408 g/mol. The van der Waals surface area contributed by atoms with Crippen molar-refractivity contribution in [2.24, 2.45) is 0 Å². The molecule has 5 nitrogen and oxygen atoms in total. The van der Waals surface area contributed by atoms with Crippen LogP contribution in [0.5, 0.6) is 0 Å². The highest BCUT2D eigenvalue weighted by molar-refractivity contribution is 7.89. The molecule has 0 spiro atoms. The molecule has 0 radical (unpaired) electrons. The van der Waals surface area contributed by atoms with Gasteiger partial charge in [-0.25, -0.2) is 8.42 Å². The van der Waals surface area contributed by atoms with Gasteiger partial charge in [-0.1, -0.05) is 66.7 Å². The van der Waals surface area contributed by atoms with E-state index in [1.54, 1.807) is 16.4 Å². The Labute approximate surface area is 183 Å². The predicted molar refractivity (Wildman–Crippen MR) is 123 cm³/mol. The van der Waals surface area contributed by atoms with Crippen LogP contribution in [-0.2, 0) is 23.0 Å². The number of rotatable bonds is 7. The Morgan fingerprint density at radius 3 is 2.23 bits per heavy atom. The maximum atomic E-state index is 12.7. The Bertz CT molecular complexity index is 1140. The van der Waals surface area contributed by atoms with Crippen LogP contribution in [0.1, 0.15) is 27.9 Å². The summed E-state index contributed by atoms with van der Waals surface area (Å²) < 4.78 is 26.9. The maximum absolute atomic E-state index is 12.7. The van der Waals surface area contributed by atoms with Crippen LogP contribution in [0.25, 0.3) is 11.1 Å². The van der Waals surface area contributed by atoms with Gasteiger partial charge in [0, 0.05) is 25.2 Å². The topological polar surface area (TPSA) is 66.5 Å². The molecule has 1 aliphatic heterocycles. The molecular formula is C25H26N2O3S. The van der Waals surface area contributed by atoms with Crippen LogP contribution in [0.2, 0.25) is 0 Å². The SMILES string of the molecule is O=C(NCCCS(=O)(=O)N1CCc2ccccc2C1)c1ccc(-c2ccccc2)cc1. The largest absolute Gasteiger partial charge is 0.352 e. The van der Waals surface area contributed by atoms with Crippen LogP contribution in [0, 0.1) is 0 Å². The molecule has 4 rings (SSSR count). The summed E-state index contributed by atoms with van der Waals surface area (Å²) in [5.41, 5.74) is 5.01. The van der Waals surface area contributed by atoms with Gasteiger partial charge in [0.15, 0.2) is 0 Å². The summed E-state index contributed by atoms with van der Waals surface area (Å²) in [6.07, 6.45) is 1.12. The van der Waals surface area contributed by atoms with Crippen molar-refractivity contribution in [2.45, 2.75) is 19.4 Å². The number of benzene rings is 3. The fourth-order valence-corrected chi connectivity index (χ4v) is 5.31. The van der Waals surface area contributed by atoms with Crippen LogP contribution in [-0.4, -0.2) is 37.5 Å². The van der Waals surface area contributed by atoms with Crippen LogP contribution < -0.4 is 5.32 Å². The molecule has 0 bridgehead atoms. The second kappa shape index (κ2) is 9.45. The molecule has 3 aromatic rings. The number of carbonyl (C=O) groups excluding carboxylic acids is 1. The minimum Gasteiger partial charge on any atom is -0.352 e. The molecule has 6 heteroatoms. The van der Waals surface area contributed by atoms with Gasteiger partial charge in [-0.05, 0) is 47.2 Å². The Morgan fingerprint density at radius 1 is 0.839 bits per heavy atom. The lowest BCUT2D eigenvalue weighted by Gasteiger charge is -2.28. The molecule has 0 saturated heterocycles. The van der Waals surface area contributed by atoms with Crippen molar-refractivity contribution < 1.29 is 13.2 Å². The number of carbonyl (C=O) groups is 1. The van der Waals surface area contributed by atoms with E-state index < -0.39 is 10.0 Å². The molecule has 0 fully saturated rings. The zero-order valence-corrected chi connectivity index (χ0v) is 18.1. The molecule has 1 heterocycles. The molecule has 31 heavy (non-hydrogen) atoms. The smallest absolute Gasteiger partial charge is 0.251 e. The number of nitrogens with one attached hydrogen (secondary N) is 1. The van der Waals surface area contributed by atoms with Gasteiger partial charge in [-0.3, -0.25) is 4.79 Å². The molecule has 0 saturated carbocycles. The number of sulfonamides is 1. The fraction of sp³-hybridized carbons (Fsp3) is 0.240. The highest BCUT2D eigenvalue weighted by Gasteiger charge is 2.26. The first-order chi connectivity index (χ1) is 15.0. The van der Waals surface area contributed by atoms with Crippen molar-refractivity contribution in [2.75, 3.05) is 18.8 Å². The van der Waals surface area contributed by atoms with Crippen molar-refractivity contribution >= 4 is 15.9 Å². The average molecular weight is 435 g/mol. The molecule has 0 aliphatic carbocycles. The van der Waals surface area contributed by atoms with E-state index in [4.69, 9.17) is 0 Å². The summed E-state index contributed by atoms with van der Waals surface area (Å²) in [6, 6.07) is 25.4. The predicted octanol–water partition coefficient (Wildman–Crippen LogP) is 3.86. The van der Waals surface area contributed by atoms with Gasteiger partial charge in [-0.2, -0.15) is 4.31 Å². The zero-order chi connectivity index (χ0) is 21.7. The Hall–Kier alpha value is -2.96. The van der Waals surface area contributed by atoms with E-state index in [2.05, 4.69) is 11.4 Å². The lowest BCUT2D eigenvalue weighted by molar-refractivity contribution is 0.0953. The molecule has 0 atom stereocenters. The Kier molecular flexibility index (Phi) is 6.49. The normalized spacial score (nSPS) is 14.1. The minimum atomic E-state index is -3.34. The standard InChI is InChI=1S/C25H26N2O3S/c28-25(23-13-11-22(12-14-23)20-7-2-1-3-8-20)26-16-6-18-31(29,30)27-17-15-21-9-4-5-10-24(21)19-27/h1-5,7-14H,6,15-19H2,(H,26,28). The third-order valence-electron chi connectivity index (χ3n) is 5.61. The number of hydrogen-bond acceptors (Lipinski definition) is 3. The summed E-state index contributed by atoms with van der Waals surface area (Å²) in [6.45, 7) is 1.26. The number of fused-ring (bicyclic) bond motifs is 1. The van der Waals surface area contributed by atoms with Crippen molar-refractivity contribution in [3.8, 4) is 11.1 Å². The second-order valence-corrected chi connectivity index (χ2v) is 9.81. The van der Waals surface area contributed by atoms with E-state index in [0.29, 0.717) is 31.6 Å². The lowest BCUT2D eigenvalue weighted by atomic mass is 10.0. The molecule has 0 unspecified atom stereocenters. The summed E-state index contributed by atoms with van der Waals surface area (Å²) >= 11 is 0. The minimum absolute atomic E-state index is 0.0302. The molecule has 1 N–H and O–H groups in total. The van der Waals surface area contributed by atoms with Gasteiger partial charge in [0.1, 0.15) is 0 Å². The molecule has 3 aromatic carbocycles. The zero-order valence-electron chi connectivity index (χ0n) is 17.3. The van der Waals surface area contributed by atoms with Crippen molar-refractivity contribution in [1.29, 1.82) is 0 Å². The second-order valence-electron chi connectivity index (χ2n) is 7.72. The van der Waals surface area contributed by atoms with E-state index in [0.717, 1.165) is 23.1 Å². The summed E-state index contributed by atoms with van der Waals surface area (Å²) in [7, 11) is -3.34. The van der Waals surface area contributed by atoms with Crippen molar-refractivity contribution in [3.05, 3.63) is 95.6 Å². The van der Waals surface area contributed by atoms with Gasteiger partial charge >= 0.3 is 0 Å². The first kappa shape index (κ1) is 21.3. The molecule has 1 aliphatic rings. The third kappa shape index (κ3) is 5.21. The summed E-state index contributed by atoms with van der Waals surface area (Å²) in [5.74, 6) is -0.161. The van der Waals surface area contributed by atoms with Gasteiger partial charge in [0.2, 0.25) is 10.0 Å². The van der Waals surface area contributed by atoms with Crippen molar-refractivity contribution in [1.82, 2.24) is 9.62 Å². The molecule has 0 aromatic heterocycles. The van der Waals surface area contributed by atoms with E-state index in [1.807, 2.05) is 60.7 Å². The van der Waals surface area contributed by atoms with Crippen LogP contribution in [0.4, 0.5) is 0 Å². The van der Waals surface area contributed by atoms with E-state index in [9.17, 15) is 13.2 Å². The van der Waals surface area contributed by atoms with Crippen LogP contribution in [0.15, 0.2) is 78.9 Å². The molecule has 160 valence electrons. The van der Waals surface area contributed by atoms with Gasteiger partial charge in [0.05, 0.1) is 5.75 Å². The van der Waals surface area contributed by atoms with Crippen LogP contribution >= 0.6 is 0 Å². The highest BCUT2D eigenvalue weighted by atomic mass is 32.2. The Balaban J connectivity index is 1.26. The number of nitrogens with zero attached hydrogens (tertiary/aromatic N) is 1. The average Bonchev–Trinajstić information content (AvgIpc) is 2.82. The van der Waals surface area contributed by atoms with Gasteiger partial charge in [-0.15, -0.1) is 0 Å². The first-order valence-corrected chi connectivity index (χ1v) is 12.1. The van der Waals surface area contributed by atoms with E-state index in [1.165, 1.54) is 5.56 Å². The maximum Gasteiger partial charge on any atom is 0.251 e. The number of amides is 1. The monoisotopic (exact) mass is 434 g/mol. The summed E-state index contributed by atoms with van der Waals surface area (Å²) in [4.78, 5) is 12.4.